The molecule has 0 bridgehead atoms. The van der Waals surface area contributed by atoms with E-state index in [1.807, 2.05) is 6.07 Å². The second-order valence-electron chi connectivity index (χ2n) is 6.68. The van der Waals surface area contributed by atoms with E-state index in [1.165, 1.54) is 16.3 Å². The van der Waals surface area contributed by atoms with Gasteiger partial charge in [-0.2, -0.15) is 0 Å². The predicted octanol–water partition coefficient (Wildman–Crippen LogP) is 7.22. The van der Waals surface area contributed by atoms with E-state index in [4.69, 9.17) is 0 Å². The highest BCUT2D eigenvalue weighted by molar-refractivity contribution is 5.98. The molecule has 3 aromatic carbocycles. The number of benzene rings is 3. The molecule has 0 saturated carbocycles. The van der Waals surface area contributed by atoms with Crippen molar-refractivity contribution in [3.63, 3.8) is 0 Å². The number of fused-ring (bicyclic) bond motifs is 1. The predicted molar refractivity (Wildman–Crippen MR) is 111 cm³/mol. The molecule has 0 aliphatic rings. The van der Waals surface area contributed by atoms with E-state index in [0.29, 0.717) is 0 Å². The second kappa shape index (κ2) is 7.57. The maximum Gasteiger partial charge on any atom is 0.0464 e. The van der Waals surface area contributed by atoms with Crippen LogP contribution in [0.2, 0.25) is 0 Å². The molecule has 0 radical (unpaired) electrons. The Kier molecular flexibility index (Phi) is 5.23. The van der Waals surface area contributed by atoms with Gasteiger partial charge in [0.15, 0.2) is 0 Å². The van der Waals surface area contributed by atoms with Crippen molar-refractivity contribution in [2.75, 3.05) is 5.32 Å². The monoisotopic (exact) mass is 329 g/mol. The maximum absolute atomic E-state index is 4.01. The lowest BCUT2D eigenvalue weighted by Gasteiger charge is -2.33. The first-order valence-corrected chi connectivity index (χ1v) is 9.19. The Bertz CT molecular complexity index is 844. The number of para-hydroxylation sites is 1. The quantitative estimate of drug-likeness (QED) is 0.451. The Balaban J connectivity index is 2.14. The van der Waals surface area contributed by atoms with Crippen LogP contribution < -0.4 is 5.32 Å². The number of hydrogen-bond acceptors (Lipinski definition) is 1. The van der Waals surface area contributed by atoms with Crippen molar-refractivity contribution in [3.8, 4) is 0 Å². The summed E-state index contributed by atoms with van der Waals surface area (Å²) in [5.41, 5.74) is 3.87. The summed E-state index contributed by atoms with van der Waals surface area (Å²) in [6, 6.07) is 23.6. The highest BCUT2D eigenvalue weighted by Crippen LogP contribution is 2.41. The van der Waals surface area contributed by atoms with E-state index in [0.717, 1.165) is 30.6 Å². The lowest BCUT2D eigenvalue weighted by Crippen LogP contribution is -2.24. The SMILES string of the molecule is C=CCC(CC)(CC)c1ccc(Nc2ccccc2)c2ccccc12. The Morgan fingerprint density at radius 2 is 1.48 bits per heavy atom. The van der Waals surface area contributed by atoms with Gasteiger partial charge in [-0.25, -0.2) is 0 Å². The zero-order chi connectivity index (χ0) is 17.7. The fraction of sp³-hybridized carbons (Fsp3) is 0.250. The Morgan fingerprint density at radius 3 is 2.12 bits per heavy atom. The second-order valence-corrected chi connectivity index (χ2v) is 6.68. The van der Waals surface area contributed by atoms with Crippen LogP contribution in [0.25, 0.3) is 10.8 Å². The van der Waals surface area contributed by atoms with Crippen molar-refractivity contribution < 1.29 is 0 Å². The number of rotatable bonds is 7. The molecular weight excluding hydrogens is 302 g/mol. The minimum atomic E-state index is 0.159. The first kappa shape index (κ1) is 17.3. The summed E-state index contributed by atoms with van der Waals surface area (Å²) in [4.78, 5) is 0. The van der Waals surface area contributed by atoms with E-state index < -0.39 is 0 Å². The summed E-state index contributed by atoms with van der Waals surface area (Å²) in [5.74, 6) is 0. The molecule has 0 aromatic heterocycles. The van der Waals surface area contributed by atoms with Crippen LogP contribution in [-0.2, 0) is 5.41 Å². The first-order valence-electron chi connectivity index (χ1n) is 9.19. The van der Waals surface area contributed by atoms with Gasteiger partial charge in [-0.15, -0.1) is 6.58 Å². The third-order valence-electron chi connectivity index (χ3n) is 5.44. The molecule has 0 unspecified atom stereocenters. The third kappa shape index (κ3) is 3.32. The van der Waals surface area contributed by atoms with Crippen LogP contribution in [-0.4, -0.2) is 0 Å². The number of allylic oxidation sites excluding steroid dienone is 1. The van der Waals surface area contributed by atoms with E-state index in [2.05, 4.69) is 92.5 Å². The summed E-state index contributed by atoms with van der Waals surface area (Å²) in [5, 5.41) is 6.19. The highest BCUT2D eigenvalue weighted by atomic mass is 14.9. The van der Waals surface area contributed by atoms with Gasteiger partial charge in [0, 0.05) is 16.8 Å². The van der Waals surface area contributed by atoms with Crippen molar-refractivity contribution >= 4 is 22.1 Å². The molecule has 0 heterocycles. The molecule has 0 amide bonds. The molecule has 0 spiro atoms. The van der Waals surface area contributed by atoms with Crippen LogP contribution in [0, 0.1) is 0 Å². The maximum atomic E-state index is 4.01. The van der Waals surface area contributed by atoms with Gasteiger partial charge in [0.1, 0.15) is 0 Å². The Morgan fingerprint density at radius 1 is 0.840 bits per heavy atom. The molecule has 1 N–H and O–H groups in total. The van der Waals surface area contributed by atoms with Crippen LogP contribution >= 0.6 is 0 Å². The molecule has 0 aliphatic carbocycles. The van der Waals surface area contributed by atoms with Crippen molar-refractivity contribution in [2.45, 2.75) is 38.5 Å². The minimum absolute atomic E-state index is 0.159. The van der Waals surface area contributed by atoms with Gasteiger partial charge >= 0.3 is 0 Å². The molecule has 128 valence electrons. The fourth-order valence-corrected chi connectivity index (χ4v) is 3.85. The zero-order valence-electron chi connectivity index (χ0n) is 15.3. The number of nitrogens with one attached hydrogen (secondary N) is 1. The summed E-state index contributed by atoms with van der Waals surface area (Å²) in [6.07, 6.45) is 5.31. The van der Waals surface area contributed by atoms with E-state index in [-0.39, 0.29) is 5.41 Å². The van der Waals surface area contributed by atoms with Crippen LogP contribution in [0.15, 0.2) is 79.4 Å². The topological polar surface area (TPSA) is 12.0 Å². The van der Waals surface area contributed by atoms with E-state index in [9.17, 15) is 0 Å². The fourth-order valence-electron chi connectivity index (χ4n) is 3.85. The van der Waals surface area contributed by atoms with Gasteiger partial charge in [-0.3, -0.25) is 0 Å². The summed E-state index contributed by atoms with van der Waals surface area (Å²) < 4.78 is 0. The summed E-state index contributed by atoms with van der Waals surface area (Å²) >= 11 is 0. The van der Waals surface area contributed by atoms with Gasteiger partial charge in [-0.05, 0) is 53.8 Å². The van der Waals surface area contributed by atoms with Crippen LogP contribution in [0.4, 0.5) is 11.4 Å². The molecule has 0 aliphatic heterocycles. The zero-order valence-corrected chi connectivity index (χ0v) is 15.3. The Hall–Kier alpha value is -2.54. The largest absolute Gasteiger partial charge is 0.355 e. The minimum Gasteiger partial charge on any atom is -0.355 e. The van der Waals surface area contributed by atoms with Crippen molar-refractivity contribution in [3.05, 3.63) is 84.9 Å². The van der Waals surface area contributed by atoms with Crippen LogP contribution in [0.3, 0.4) is 0 Å². The molecule has 0 fully saturated rings. The standard InChI is InChI=1S/C24H27N/c1-4-18-24(5-2,6-3)22-16-17-23(21-15-11-10-14-20(21)22)25-19-12-8-7-9-13-19/h4,7-17,25H,1,5-6,18H2,2-3H3. The smallest absolute Gasteiger partial charge is 0.0464 e. The van der Waals surface area contributed by atoms with Gasteiger partial charge in [0.25, 0.3) is 0 Å². The van der Waals surface area contributed by atoms with Gasteiger partial charge in [0.05, 0.1) is 0 Å². The molecule has 3 aromatic rings. The first-order chi connectivity index (χ1) is 12.2. The van der Waals surface area contributed by atoms with Crippen molar-refractivity contribution in [1.29, 1.82) is 0 Å². The highest BCUT2D eigenvalue weighted by Gasteiger charge is 2.29. The molecule has 3 rings (SSSR count). The average Bonchev–Trinajstić information content (AvgIpc) is 2.67. The molecule has 0 atom stereocenters. The van der Waals surface area contributed by atoms with E-state index in [1.54, 1.807) is 0 Å². The third-order valence-corrected chi connectivity index (χ3v) is 5.44. The molecule has 25 heavy (non-hydrogen) atoms. The molecule has 1 nitrogen and oxygen atoms in total. The van der Waals surface area contributed by atoms with Crippen LogP contribution in [0.1, 0.15) is 38.7 Å². The van der Waals surface area contributed by atoms with Crippen molar-refractivity contribution in [1.82, 2.24) is 0 Å². The summed E-state index contributed by atoms with van der Waals surface area (Å²) in [6.45, 7) is 8.59. The number of anilines is 2. The van der Waals surface area contributed by atoms with Crippen LogP contribution in [0.5, 0.6) is 0 Å². The lowest BCUT2D eigenvalue weighted by molar-refractivity contribution is 0.404. The number of hydrogen-bond donors (Lipinski definition) is 1. The molecular formula is C24H27N. The van der Waals surface area contributed by atoms with Gasteiger partial charge < -0.3 is 5.32 Å². The molecule has 1 heteroatoms. The van der Waals surface area contributed by atoms with Crippen molar-refractivity contribution in [2.24, 2.45) is 0 Å². The van der Waals surface area contributed by atoms with Gasteiger partial charge in [0.2, 0.25) is 0 Å². The van der Waals surface area contributed by atoms with E-state index >= 15 is 0 Å². The normalized spacial score (nSPS) is 11.4. The van der Waals surface area contributed by atoms with Gasteiger partial charge in [-0.1, -0.05) is 68.5 Å². The lowest BCUT2D eigenvalue weighted by atomic mass is 9.71. The average molecular weight is 329 g/mol. The summed E-state index contributed by atoms with van der Waals surface area (Å²) in [7, 11) is 0. The molecule has 0 saturated heterocycles. The Labute approximate surface area is 151 Å².